The van der Waals surface area contributed by atoms with E-state index in [2.05, 4.69) is 4.72 Å². The van der Waals surface area contributed by atoms with Crippen molar-refractivity contribution >= 4 is 10.0 Å². The number of nitrogens with two attached hydrogens (primary N) is 1. The zero-order valence-corrected chi connectivity index (χ0v) is 11.9. The van der Waals surface area contributed by atoms with E-state index < -0.39 is 21.4 Å². The summed E-state index contributed by atoms with van der Waals surface area (Å²) < 4.78 is 39.9. The third-order valence-electron chi connectivity index (χ3n) is 2.41. The Morgan fingerprint density at radius 3 is 2.11 bits per heavy atom. The van der Waals surface area contributed by atoms with Gasteiger partial charge in [0, 0.05) is 12.1 Å². The van der Waals surface area contributed by atoms with E-state index in [-0.39, 0.29) is 11.4 Å². The number of aryl methyl sites for hydroxylation is 2. The quantitative estimate of drug-likeness (QED) is 0.873. The lowest BCUT2D eigenvalue weighted by molar-refractivity contribution is 0.497. The van der Waals surface area contributed by atoms with Crippen LogP contribution in [-0.2, 0) is 10.0 Å². The summed E-state index contributed by atoms with van der Waals surface area (Å²) in [7, 11) is -3.67. The zero-order valence-electron chi connectivity index (χ0n) is 11.0. The molecule has 0 saturated carbocycles. The molecule has 0 saturated heterocycles. The van der Waals surface area contributed by atoms with Gasteiger partial charge in [-0.2, -0.15) is 0 Å². The van der Waals surface area contributed by atoms with Gasteiger partial charge >= 0.3 is 0 Å². The predicted octanol–water partition coefficient (Wildman–Crippen LogP) is 1.46. The topological polar surface area (TPSA) is 72.2 Å². The number of rotatable bonds is 4. The molecule has 4 nitrogen and oxygen atoms in total. The van der Waals surface area contributed by atoms with Crippen LogP contribution in [0.4, 0.5) is 4.39 Å². The van der Waals surface area contributed by atoms with Gasteiger partial charge < -0.3 is 5.73 Å². The smallest absolute Gasteiger partial charge is 0.241 e. The number of halogens is 1. The van der Waals surface area contributed by atoms with Crippen molar-refractivity contribution in [3.8, 4) is 0 Å². The fourth-order valence-corrected chi connectivity index (χ4v) is 3.35. The maximum atomic E-state index is 13.1. The van der Waals surface area contributed by atoms with Crippen molar-refractivity contribution in [3.05, 3.63) is 29.1 Å². The lowest BCUT2D eigenvalue weighted by Gasteiger charge is -2.20. The van der Waals surface area contributed by atoms with E-state index in [0.29, 0.717) is 11.1 Å². The first-order valence-electron chi connectivity index (χ1n) is 5.58. The highest BCUT2D eigenvalue weighted by molar-refractivity contribution is 7.89. The van der Waals surface area contributed by atoms with Crippen molar-refractivity contribution in [2.45, 2.75) is 38.1 Å². The summed E-state index contributed by atoms with van der Waals surface area (Å²) in [6, 6.07) is 2.41. The van der Waals surface area contributed by atoms with Gasteiger partial charge in [0.2, 0.25) is 10.0 Å². The molecule has 1 aromatic rings. The summed E-state index contributed by atoms with van der Waals surface area (Å²) in [5.41, 5.74) is 5.86. The molecule has 0 aromatic heterocycles. The second-order valence-corrected chi connectivity index (χ2v) is 6.89. The SMILES string of the molecule is Cc1cc(F)cc(C)c1S(=O)(=O)NCC(C)(C)N. The number of nitrogens with one attached hydrogen (secondary N) is 1. The van der Waals surface area contributed by atoms with E-state index in [1.807, 2.05) is 0 Å². The summed E-state index contributed by atoms with van der Waals surface area (Å²) in [6.07, 6.45) is 0. The van der Waals surface area contributed by atoms with Gasteiger partial charge in [0.05, 0.1) is 4.90 Å². The Balaban J connectivity index is 3.14. The molecule has 102 valence electrons. The van der Waals surface area contributed by atoms with Crippen LogP contribution in [0.5, 0.6) is 0 Å². The van der Waals surface area contributed by atoms with Crippen LogP contribution in [0.3, 0.4) is 0 Å². The van der Waals surface area contributed by atoms with Crippen LogP contribution in [0.2, 0.25) is 0 Å². The summed E-state index contributed by atoms with van der Waals surface area (Å²) in [5.74, 6) is -0.442. The maximum absolute atomic E-state index is 13.1. The summed E-state index contributed by atoms with van der Waals surface area (Å²) in [6.45, 7) is 6.70. The third kappa shape index (κ3) is 3.76. The number of hydrogen-bond acceptors (Lipinski definition) is 3. The van der Waals surface area contributed by atoms with Crippen LogP contribution in [-0.4, -0.2) is 20.5 Å². The Kier molecular flexibility index (Phi) is 4.15. The van der Waals surface area contributed by atoms with Crippen LogP contribution < -0.4 is 10.5 Å². The van der Waals surface area contributed by atoms with Gasteiger partial charge in [0.25, 0.3) is 0 Å². The largest absolute Gasteiger partial charge is 0.324 e. The fourth-order valence-electron chi connectivity index (χ4n) is 1.67. The molecule has 0 heterocycles. The second kappa shape index (κ2) is 4.95. The number of sulfonamides is 1. The average molecular weight is 274 g/mol. The van der Waals surface area contributed by atoms with E-state index in [9.17, 15) is 12.8 Å². The van der Waals surface area contributed by atoms with E-state index >= 15 is 0 Å². The van der Waals surface area contributed by atoms with Gasteiger partial charge in [-0.15, -0.1) is 0 Å². The fraction of sp³-hybridized carbons (Fsp3) is 0.500. The zero-order chi connectivity index (χ0) is 14.1. The Morgan fingerprint density at radius 2 is 1.72 bits per heavy atom. The van der Waals surface area contributed by atoms with Crippen molar-refractivity contribution in [2.24, 2.45) is 5.73 Å². The van der Waals surface area contributed by atoms with Crippen LogP contribution in [0.25, 0.3) is 0 Å². The summed E-state index contributed by atoms with van der Waals surface area (Å²) in [4.78, 5) is 0.119. The average Bonchev–Trinajstić information content (AvgIpc) is 2.11. The predicted molar refractivity (Wildman–Crippen MR) is 69.3 cm³/mol. The minimum Gasteiger partial charge on any atom is -0.324 e. The first-order chi connectivity index (χ1) is 8.03. The molecule has 0 aliphatic carbocycles. The number of hydrogen-bond donors (Lipinski definition) is 2. The summed E-state index contributed by atoms with van der Waals surface area (Å²) in [5, 5.41) is 0. The minimum absolute atomic E-state index is 0.117. The van der Waals surface area contributed by atoms with E-state index in [4.69, 9.17) is 5.73 Å². The van der Waals surface area contributed by atoms with Crippen LogP contribution in [0.15, 0.2) is 17.0 Å². The minimum atomic E-state index is -3.67. The molecular weight excluding hydrogens is 255 g/mol. The molecule has 0 aliphatic rings. The molecule has 1 rings (SSSR count). The highest BCUT2D eigenvalue weighted by Crippen LogP contribution is 2.21. The lowest BCUT2D eigenvalue weighted by atomic mass is 10.1. The van der Waals surface area contributed by atoms with Crippen LogP contribution in [0.1, 0.15) is 25.0 Å². The highest BCUT2D eigenvalue weighted by atomic mass is 32.2. The van der Waals surface area contributed by atoms with Crippen LogP contribution >= 0.6 is 0 Å². The van der Waals surface area contributed by atoms with Gasteiger partial charge in [-0.05, 0) is 51.0 Å². The van der Waals surface area contributed by atoms with Gasteiger partial charge in [-0.3, -0.25) is 0 Å². The van der Waals surface area contributed by atoms with Crippen molar-refractivity contribution in [2.75, 3.05) is 6.54 Å². The molecule has 0 bridgehead atoms. The monoisotopic (exact) mass is 274 g/mol. The molecule has 0 amide bonds. The van der Waals surface area contributed by atoms with Crippen molar-refractivity contribution in [1.29, 1.82) is 0 Å². The Labute approximate surface area is 107 Å². The van der Waals surface area contributed by atoms with Gasteiger partial charge in [-0.1, -0.05) is 0 Å². The molecule has 0 radical (unpaired) electrons. The molecule has 1 aromatic carbocycles. The van der Waals surface area contributed by atoms with Crippen molar-refractivity contribution < 1.29 is 12.8 Å². The highest BCUT2D eigenvalue weighted by Gasteiger charge is 2.22. The van der Waals surface area contributed by atoms with Crippen molar-refractivity contribution in [3.63, 3.8) is 0 Å². The first kappa shape index (κ1) is 15.1. The third-order valence-corrected chi connectivity index (χ3v) is 4.12. The van der Waals surface area contributed by atoms with Gasteiger partial charge in [0.1, 0.15) is 5.82 Å². The van der Waals surface area contributed by atoms with E-state index in [0.717, 1.165) is 0 Å². The van der Waals surface area contributed by atoms with Gasteiger partial charge in [0.15, 0.2) is 0 Å². The molecule has 3 N–H and O–H groups in total. The molecule has 0 atom stereocenters. The molecule has 0 spiro atoms. The molecule has 0 aliphatic heterocycles. The van der Waals surface area contributed by atoms with Crippen LogP contribution in [0, 0.1) is 19.7 Å². The summed E-state index contributed by atoms with van der Waals surface area (Å²) >= 11 is 0. The van der Waals surface area contributed by atoms with E-state index in [1.54, 1.807) is 27.7 Å². The first-order valence-corrected chi connectivity index (χ1v) is 7.06. The Morgan fingerprint density at radius 1 is 1.28 bits per heavy atom. The normalized spacial score (nSPS) is 12.8. The van der Waals surface area contributed by atoms with E-state index in [1.165, 1.54) is 12.1 Å². The standard InChI is InChI=1S/C12H19FN2O2S/c1-8-5-10(13)6-9(2)11(8)18(16,17)15-7-12(3,4)14/h5-6,15H,7,14H2,1-4H3. The molecule has 6 heteroatoms. The molecule has 0 unspecified atom stereocenters. The number of benzene rings is 1. The Hall–Kier alpha value is -0.980. The molecule has 0 fully saturated rings. The van der Waals surface area contributed by atoms with Crippen molar-refractivity contribution in [1.82, 2.24) is 4.72 Å². The Bertz CT molecular complexity index is 525. The van der Waals surface area contributed by atoms with Gasteiger partial charge in [-0.25, -0.2) is 17.5 Å². The second-order valence-electron chi connectivity index (χ2n) is 5.18. The maximum Gasteiger partial charge on any atom is 0.241 e. The molecular formula is C12H19FN2O2S. The lowest BCUT2D eigenvalue weighted by Crippen LogP contribution is -2.45. The molecule has 18 heavy (non-hydrogen) atoms.